The molecule has 13 heavy (non-hydrogen) atoms. The van der Waals surface area contributed by atoms with Gasteiger partial charge in [0.2, 0.25) is 0 Å². The number of anilines is 1. The molecule has 0 saturated carbocycles. The summed E-state index contributed by atoms with van der Waals surface area (Å²) in [5.74, 6) is 1.11. The van der Waals surface area contributed by atoms with Crippen LogP contribution in [-0.2, 0) is 0 Å². The van der Waals surface area contributed by atoms with Crippen LogP contribution in [0.25, 0.3) is 0 Å². The minimum absolute atomic E-state index is 0.943. The van der Waals surface area contributed by atoms with Gasteiger partial charge in [-0.3, -0.25) is 4.99 Å². The number of aryl methyl sites for hydroxylation is 1. The van der Waals surface area contributed by atoms with E-state index in [4.69, 9.17) is 0 Å². The van der Waals surface area contributed by atoms with Gasteiger partial charge in [0.05, 0.1) is 6.54 Å². The van der Waals surface area contributed by atoms with Gasteiger partial charge in [0, 0.05) is 11.4 Å². The number of para-hydroxylation sites is 1. The van der Waals surface area contributed by atoms with Crippen molar-refractivity contribution < 1.29 is 0 Å². The minimum atomic E-state index is 0.943. The zero-order valence-corrected chi connectivity index (χ0v) is 8.40. The minimum Gasteiger partial charge on any atom is -0.335 e. The maximum atomic E-state index is 4.34. The average Bonchev–Trinajstić information content (AvgIpc) is 2.61. The Morgan fingerprint density at radius 2 is 2.23 bits per heavy atom. The molecule has 0 aromatic heterocycles. The van der Waals surface area contributed by atoms with Gasteiger partial charge in [0.25, 0.3) is 0 Å². The fourth-order valence-corrected chi connectivity index (χ4v) is 1.98. The number of hydrogen-bond acceptors (Lipinski definition) is 3. The van der Waals surface area contributed by atoms with Gasteiger partial charge in [-0.2, -0.15) is 0 Å². The van der Waals surface area contributed by atoms with Crippen LogP contribution in [0.1, 0.15) is 5.56 Å². The summed E-state index contributed by atoms with van der Waals surface area (Å²) in [6.45, 7) is 3.04. The van der Waals surface area contributed by atoms with Gasteiger partial charge in [-0.15, -0.1) is 0 Å². The van der Waals surface area contributed by atoms with Crippen LogP contribution in [0, 0.1) is 6.92 Å². The van der Waals surface area contributed by atoms with Crippen LogP contribution in [-0.4, -0.2) is 17.5 Å². The van der Waals surface area contributed by atoms with Crippen LogP contribution in [0.15, 0.2) is 29.3 Å². The molecule has 2 nitrogen and oxygen atoms in total. The Kier molecular flexibility index (Phi) is 2.54. The third-order valence-electron chi connectivity index (χ3n) is 1.97. The summed E-state index contributed by atoms with van der Waals surface area (Å²) in [7, 11) is 0. The fraction of sp³-hybridized carbons (Fsp3) is 0.300. The Morgan fingerprint density at radius 1 is 1.38 bits per heavy atom. The predicted octanol–water partition coefficient (Wildman–Crippen LogP) is 2.51. The molecule has 68 valence electrons. The zero-order chi connectivity index (χ0) is 9.10. The number of hydrogen-bond donors (Lipinski definition) is 1. The largest absolute Gasteiger partial charge is 0.335 e. The molecule has 0 atom stereocenters. The molecule has 1 aliphatic heterocycles. The van der Waals surface area contributed by atoms with Crippen molar-refractivity contribution in [2.45, 2.75) is 6.92 Å². The van der Waals surface area contributed by atoms with Gasteiger partial charge < -0.3 is 5.32 Å². The highest BCUT2D eigenvalue weighted by atomic mass is 32.2. The smallest absolute Gasteiger partial charge is 0.161 e. The second-order valence-corrected chi connectivity index (χ2v) is 4.06. The fourth-order valence-electron chi connectivity index (χ4n) is 1.24. The highest BCUT2D eigenvalue weighted by Gasteiger charge is 2.07. The van der Waals surface area contributed by atoms with E-state index in [0.717, 1.165) is 23.2 Å². The normalized spacial score (nSPS) is 15.6. The topological polar surface area (TPSA) is 24.4 Å². The molecule has 0 aliphatic carbocycles. The quantitative estimate of drug-likeness (QED) is 0.739. The van der Waals surface area contributed by atoms with Crippen molar-refractivity contribution in [1.82, 2.24) is 0 Å². The molecule has 1 aliphatic rings. The van der Waals surface area contributed by atoms with E-state index in [-0.39, 0.29) is 0 Å². The van der Waals surface area contributed by atoms with E-state index in [9.17, 15) is 0 Å². The number of amidine groups is 1. The second kappa shape index (κ2) is 3.83. The van der Waals surface area contributed by atoms with E-state index < -0.39 is 0 Å². The Labute approximate surface area is 82.5 Å². The first-order valence-electron chi connectivity index (χ1n) is 4.36. The van der Waals surface area contributed by atoms with Crippen molar-refractivity contribution in [2.75, 3.05) is 17.6 Å². The molecule has 0 amide bonds. The van der Waals surface area contributed by atoms with Gasteiger partial charge in [-0.1, -0.05) is 30.0 Å². The van der Waals surface area contributed by atoms with Crippen LogP contribution < -0.4 is 5.32 Å². The zero-order valence-electron chi connectivity index (χ0n) is 7.58. The molecule has 0 radical (unpaired) electrons. The molecule has 1 heterocycles. The SMILES string of the molecule is Cc1ccccc1NC1=NCCS1. The van der Waals surface area contributed by atoms with Gasteiger partial charge in [0.1, 0.15) is 0 Å². The molecule has 2 rings (SSSR count). The average molecular weight is 192 g/mol. The molecule has 0 bridgehead atoms. The van der Waals surface area contributed by atoms with Crippen molar-refractivity contribution in [1.29, 1.82) is 0 Å². The van der Waals surface area contributed by atoms with Gasteiger partial charge in [0.15, 0.2) is 5.17 Å². The summed E-state index contributed by atoms with van der Waals surface area (Å²) >= 11 is 1.78. The number of nitrogens with zero attached hydrogens (tertiary/aromatic N) is 1. The number of benzene rings is 1. The lowest BCUT2D eigenvalue weighted by molar-refractivity contribution is 1.17. The molecule has 1 aromatic carbocycles. The molecular formula is C10H12N2S. The predicted molar refractivity (Wildman–Crippen MR) is 59.6 cm³/mol. The van der Waals surface area contributed by atoms with Crippen molar-refractivity contribution >= 4 is 22.6 Å². The second-order valence-electron chi connectivity index (χ2n) is 2.98. The molecule has 0 saturated heterocycles. The Hall–Kier alpha value is -0.960. The lowest BCUT2D eigenvalue weighted by Gasteiger charge is -2.07. The third kappa shape index (κ3) is 2.04. The first kappa shape index (κ1) is 8.63. The molecule has 0 unspecified atom stereocenters. The standard InChI is InChI=1S/C10H12N2S/c1-8-4-2-3-5-9(8)12-10-11-6-7-13-10/h2-5H,6-7H2,1H3,(H,11,12). The van der Waals surface area contributed by atoms with Gasteiger partial charge >= 0.3 is 0 Å². The van der Waals surface area contributed by atoms with E-state index in [2.05, 4.69) is 29.4 Å². The molecule has 0 fully saturated rings. The maximum Gasteiger partial charge on any atom is 0.161 e. The summed E-state index contributed by atoms with van der Waals surface area (Å²) in [6.07, 6.45) is 0. The van der Waals surface area contributed by atoms with Crippen LogP contribution in [0.4, 0.5) is 5.69 Å². The molecule has 1 N–H and O–H groups in total. The summed E-state index contributed by atoms with van der Waals surface area (Å²) in [5.41, 5.74) is 2.42. The number of nitrogens with one attached hydrogen (secondary N) is 1. The lowest BCUT2D eigenvalue weighted by Crippen LogP contribution is -2.05. The lowest BCUT2D eigenvalue weighted by atomic mass is 10.2. The van der Waals surface area contributed by atoms with Crippen molar-refractivity contribution in [3.8, 4) is 0 Å². The van der Waals surface area contributed by atoms with E-state index in [1.165, 1.54) is 5.56 Å². The highest BCUT2D eigenvalue weighted by molar-refractivity contribution is 8.14. The van der Waals surface area contributed by atoms with Crippen LogP contribution in [0.5, 0.6) is 0 Å². The Bertz CT molecular complexity index is 333. The molecule has 3 heteroatoms. The van der Waals surface area contributed by atoms with Crippen molar-refractivity contribution in [3.05, 3.63) is 29.8 Å². The van der Waals surface area contributed by atoms with Crippen LogP contribution in [0.3, 0.4) is 0 Å². The monoisotopic (exact) mass is 192 g/mol. The van der Waals surface area contributed by atoms with E-state index in [1.807, 2.05) is 12.1 Å². The summed E-state index contributed by atoms with van der Waals surface area (Å²) in [5, 5.41) is 4.37. The first-order chi connectivity index (χ1) is 6.36. The van der Waals surface area contributed by atoms with E-state index >= 15 is 0 Å². The molecule has 1 aromatic rings. The summed E-state index contributed by atoms with van der Waals surface area (Å²) < 4.78 is 0. The third-order valence-corrected chi connectivity index (χ3v) is 2.86. The Balaban J connectivity index is 2.13. The summed E-state index contributed by atoms with van der Waals surface area (Å²) in [4.78, 5) is 4.34. The van der Waals surface area contributed by atoms with Gasteiger partial charge in [-0.05, 0) is 18.6 Å². The van der Waals surface area contributed by atoms with E-state index in [1.54, 1.807) is 11.8 Å². The van der Waals surface area contributed by atoms with Gasteiger partial charge in [-0.25, -0.2) is 0 Å². The molecule has 0 spiro atoms. The van der Waals surface area contributed by atoms with Crippen LogP contribution >= 0.6 is 11.8 Å². The molecular weight excluding hydrogens is 180 g/mol. The van der Waals surface area contributed by atoms with Crippen molar-refractivity contribution in [3.63, 3.8) is 0 Å². The number of aliphatic imine (C=N–C) groups is 1. The number of rotatable bonds is 1. The number of thioether (sulfide) groups is 1. The van der Waals surface area contributed by atoms with E-state index in [0.29, 0.717) is 0 Å². The van der Waals surface area contributed by atoms with Crippen LogP contribution in [0.2, 0.25) is 0 Å². The first-order valence-corrected chi connectivity index (χ1v) is 5.35. The Morgan fingerprint density at radius 3 is 2.92 bits per heavy atom. The van der Waals surface area contributed by atoms with Crippen molar-refractivity contribution in [2.24, 2.45) is 4.99 Å². The summed E-state index contributed by atoms with van der Waals surface area (Å²) in [6, 6.07) is 8.26. The highest BCUT2D eigenvalue weighted by Crippen LogP contribution is 2.18. The maximum absolute atomic E-state index is 4.34.